The smallest absolute Gasteiger partial charge is 0.306 e. The fourth-order valence-corrected chi connectivity index (χ4v) is 2.07. The first-order chi connectivity index (χ1) is 6.68. The van der Waals surface area contributed by atoms with Gasteiger partial charge >= 0.3 is 5.69 Å². The third kappa shape index (κ3) is 1.59. The van der Waals surface area contributed by atoms with Crippen LogP contribution < -0.4 is 5.69 Å². The molecule has 0 saturated carbocycles. The Bertz CT molecular complexity index is 359. The second-order valence-electron chi connectivity index (χ2n) is 3.98. The minimum atomic E-state index is -0.0722. The van der Waals surface area contributed by atoms with Crippen molar-refractivity contribution in [3.05, 3.63) is 16.3 Å². The number of H-pyrrole nitrogens is 1. The molecule has 78 valence electrons. The van der Waals surface area contributed by atoms with Crippen molar-refractivity contribution < 1.29 is 0 Å². The van der Waals surface area contributed by atoms with E-state index in [1.165, 1.54) is 0 Å². The Labute approximate surface area is 82.7 Å². The molecule has 5 heteroatoms. The summed E-state index contributed by atoms with van der Waals surface area (Å²) in [5.74, 6) is 0.796. The molecule has 1 aromatic heterocycles. The van der Waals surface area contributed by atoms with E-state index < -0.39 is 0 Å². The summed E-state index contributed by atoms with van der Waals surface area (Å²) < 4.78 is 1.78. The zero-order chi connectivity index (χ0) is 10.1. The minimum Gasteiger partial charge on any atom is -0.306 e. The summed E-state index contributed by atoms with van der Waals surface area (Å²) in [5.41, 5.74) is -0.0722. The maximum Gasteiger partial charge on any atom is 0.343 e. The van der Waals surface area contributed by atoms with E-state index in [9.17, 15) is 4.79 Å². The molecule has 2 heterocycles. The minimum absolute atomic E-state index is 0.0722. The number of piperidine rings is 1. The molecule has 0 amide bonds. The number of hydrogen-bond donors (Lipinski definition) is 1. The number of aryl methyl sites for hydroxylation is 1. The summed E-state index contributed by atoms with van der Waals surface area (Å²) in [5, 5.41) is 6.41. The normalized spacial score (nSPS) is 20.1. The molecule has 1 aliphatic rings. The molecule has 5 nitrogen and oxygen atoms in total. The van der Waals surface area contributed by atoms with Crippen molar-refractivity contribution in [1.82, 2.24) is 19.7 Å². The molecule has 0 aromatic carbocycles. The zero-order valence-electron chi connectivity index (χ0n) is 8.66. The standard InChI is InChI=1S/C9H16N4O/c1-7-10-11-9(14)13(7)8-3-5-12(2)6-4-8/h8H,3-6H2,1-2H3,(H,11,14). The van der Waals surface area contributed by atoms with E-state index in [0.717, 1.165) is 31.8 Å². The van der Waals surface area contributed by atoms with Crippen LogP contribution in [0.5, 0.6) is 0 Å². The van der Waals surface area contributed by atoms with Gasteiger partial charge in [-0.1, -0.05) is 0 Å². The summed E-state index contributed by atoms with van der Waals surface area (Å²) in [4.78, 5) is 13.7. The highest BCUT2D eigenvalue weighted by Gasteiger charge is 2.21. The molecule has 1 N–H and O–H groups in total. The Morgan fingerprint density at radius 3 is 2.57 bits per heavy atom. The predicted octanol–water partition coefficient (Wildman–Crippen LogP) is 0.147. The quantitative estimate of drug-likeness (QED) is 0.695. The van der Waals surface area contributed by atoms with Gasteiger partial charge in [-0.25, -0.2) is 9.89 Å². The molecular formula is C9H16N4O. The highest BCUT2D eigenvalue weighted by atomic mass is 16.1. The van der Waals surface area contributed by atoms with Crippen LogP contribution in [-0.4, -0.2) is 39.8 Å². The molecule has 0 radical (unpaired) electrons. The lowest BCUT2D eigenvalue weighted by atomic mass is 10.1. The van der Waals surface area contributed by atoms with Gasteiger partial charge in [-0.2, -0.15) is 5.10 Å². The van der Waals surface area contributed by atoms with Crippen LogP contribution in [-0.2, 0) is 0 Å². The average Bonchev–Trinajstić information content (AvgIpc) is 2.49. The second kappa shape index (κ2) is 3.57. The van der Waals surface area contributed by atoms with E-state index in [1.54, 1.807) is 4.57 Å². The molecule has 1 aromatic rings. The summed E-state index contributed by atoms with van der Waals surface area (Å²) >= 11 is 0. The SMILES string of the molecule is Cc1n[nH]c(=O)n1C1CCN(C)CC1. The highest BCUT2D eigenvalue weighted by molar-refractivity contribution is 4.88. The molecular weight excluding hydrogens is 180 g/mol. The van der Waals surface area contributed by atoms with E-state index in [0.29, 0.717) is 6.04 Å². The van der Waals surface area contributed by atoms with E-state index in [-0.39, 0.29) is 5.69 Å². The summed E-state index contributed by atoms with van der Waals surface area (Å²) in [6.45, 7) is 3.99. The summed E-state index contributed by atoms with van der Waals surface area (Å²) in [7, 11) is 2.11. The van der Waals surface area contributed by atoms with Crippen LogP contribution in [0.1, 0.15) is 24.7 Å². The van der Waals surface area contributed by atoms with Crippen LogP contribution in [0.2, 0.25) is 0 Å². The molecule has 0 bridgehead atoms. The summed E-state index contributed by atoms with van der Waals surface area (Å²) in [6, 6.07) is 0.331. The third-order valence-electron chi connectivity index (χ3n) is 2.93. The Hall–Kier alpha value is -1.10. The van der Waals surface area contributed by atoms with Gasteiger partial charge in [0.1, 0.15) is 5.82 Å². The predicted molar refractivity (Wildman–Crippen MR) is 53.4 cm³/mol. The van der Waals surface area contributed by atoms with E-state index in [1.807, 2.05) is 6.92 Å². The number of rotatable bonds is 1. The Kier molecular flexibility index (Phi) is 2.41. The van der Waals surface area contributed by atoms with Crippen molar-refractivity contribution in [3.63, 3.8) is 0 Å². The monoisotopic (exact) mass is 196 g/mol. The molecule has 0 spiro atoms. The third-order valence-corrected chi connectivity index (χ3v) is 2.93. The molecule has 0 unspecified atom stereocenters. The largest absolute Gasteiger partial charge is 0.343 e. The molecule has 1 aliphatic heterocycles. The molecule has 0 aliphatic carbocycles. The second-order valence-corrected chi connectivity index (χ2v) is 3.98. The van der Waals surface area contributed by atoms with Crippen molar-refractivity contribution >= 4 is 0 Å². The van der Waals surface area contributed by atoms with Gasteiger partial charge in [0, 0.05) is 6.04 Å². The summed E-state index contributed by atoms with van der Waals surface area (Å²) in [6.07, 6.45) is 2.08. The molecule has 2 rings (SSSR count). The van der Waals surface area contributed by atoms with Crippen LogP contribution in [0.4, 0.5) is 0 Å². The van der Waals surface area contributed by atoms with Gasteiger partial charge in [-0.15, -0.1) is 0 Å². The van der Waals surface area contributed by atoms with Crippen LogP contribution in [0.15, 0.2) is 4.79 Å². The van der Waals surface area contributed by atoms with Gasteiger partial charge in [0.2, 0.25) is 0 Å². The fourth-order valence-electron chi connectivity index (χ4n) is 2.07. The van der Waals surface area contributed by atoms with Crippen molar-refractivity contribution in [2.45, 2.75) is 25.8 Å². The van der Waals surface area contributed by atoms with E-state index in [2.05, 4.69) is 22.1 Å². The fraction of sp³-hybridized carbons (Fsp3) is 0.778. The van der Waals surface area contributed by atoms with Crippen LogP contribution in [0, 0.1) is 6.92 Å². The number of hydrogen-bond acceptors (Lipinski definition) is 3. The lowest BCUT2D eigenvalue weighted by molar-refractivity contribution is 0.217. The van der Waals surface area contributed by atoms with Crippen molar-refractivity contribution in [1.29, 1.82) is 0 Å². The number of aromatic nitrogens is 3. The van der Waals surface area contributed by atoms with Gasteiger partial charge in [-0.05, 0) is 39.9 Å². The number of aromatic amines is 1. The molecule has 14 heavy (non-hydrogen) atoms. The lowest BCUT2D eigenvalue weighted by Gasteiger charge is -2.29. The topological polar surface area (TPSA) is 53.9 Å². The Morgan fingerprint density at radius 2 is 2.07 bits per heavy atom. The highest BCUT2D eigenvalue weighted by Crippen LogP contribution is 2.20. The molecule has 1 fully saturated rings. The van der Waals surface area contributed by atoms with Gasteiger partial charge in [0.05, 0.1) is 0 Å². The zero-order valence-corrected chi connectivity index (χ0v) is 8.66. The number of likely N-dealkylation sites (tertiary alicyclic amines) is 1. The average molecular weight is 196 g/mol. The van der Waals surface area contributed by atoms with Crippen LogP contribution in [0.25, 0.3) is 0 Å². The maximum absolute atomic E-state index is 11.5. The molecule has 0 atom stereocenters. The Morgan fingerprint density at radius 1 is 1.43 bits per heavy atom. The number of nitrogens with zero attached hydrogens (tertiary/aromatic N) is 3. The van der Waals surface area contributed by atoms with Gasteiger partial charge in [0.25, 0.3) is 0 Å². The van der Waals surface area contributed by atoms with Crippen LogP contribution >= 0.6 is 0 Å². The van der Waals surface area contributed by atoms with Gasteiger partial charge < -0.3 is 4.90 Å². The van der Waals surface area contributed by atoms with E-state index >= 15 is 0 Å². The molecule has 1 saturated heterocycles. The first-order valence-electron chi connectivity index (χ1n) is 5.00. The van der Waals surface area contributed by atoms with E-state index in [4.69, 9.17) is 0 Å². The van der Waals surface area contributed by atoms with Gasteiger partial charge in [0.15, 0.2) is 0 Å². The van der Waals surface area contributed by atoms with Crippen LogP contribution in [0.3, 0.4) is 0 Å². The van der Waals surface area contributed by atoms with Crippen molar-refractivity contribution in [3.8, 4) is 0 Å². The first-order valence-corrected chi connectivity index (χ1v) is 5.00. The Balaban J connectivity index is 2.20. The van der Waals surface area contributed by atoms with Crippen molar-refractivity contribution in [2.24, 2.45) is 0 Å². The first kappa shape index (κ1) is 9.45. The lowest BCUT2D eigenvalue weighted by Crippen LogP contribution is -2.35. The number of nitrogens with one attached hydrogen (secondary N) is 1. The maximum atomic E-state index is 11.5. The van der Waals surface area contributed by atoms with Crippen molar-refractivity contribution in [2.75, 3.05) is 20.1 Å². The van der Waals surface area contributed by atoms with Gasteiger partial charge in [-0.3, -0.25) is 4.57 Å².